The van der Waals surface area contributed by atoms with Crippen molar-refractivity contribution in [3.63, 3.8) is 0 Å². The minimum absolute atomic E-state index is 0.0345. The summed E-state index contributed by atoms with van der Waals surface area (Å²) < 4.78 is 40.4. The van der Waals surface area contributed by atoms with Crippen LogP contribution in [0.15, 0.2) is 23.1 Å². The van der Waals surface area contributed by atoms with Crippen LogP contribution in [0.25, 0.3) is 0 Å². The van der Waals surface area contributed by atoms with Gasteiger partial charge in [0.2, 0.25) is 10.0 Å². The summed E-state index contributed by atoms with van der Waals surface area (Å²) in [5, 5.41) is 9.19. The van der Waals surface area contributed by atoms with E-state index in [9.17, 15) is 22.7 Å². The number of benzene rings is 1. The molecule has 0 saturated carbocycles. The van der Waals surface area contributed by atoms with Crippen molar-refractivity contribution in [2.75, 3.05) is 6.54 Å². The van der Waals surface area contributed by atoms with Gasteiger partial charge in [-0.3, -0.25) is 4.79 Å². The van der Waals surface area contributed by atoms with Crippen LogP contribution in [0.1, 0.15) is 89.2 Å². The molecule has 0 spiro atoms. The van der Waals surface area contributed by atoms with Gasteiger partial charge in [-0.2, -0.15) is 4.31 Å². The number of rotatable bonds is 13. The first-order valence-electron chi connectivity index (χ1n) is 10.4. The Morgan fingerprint density at radius 1 is 1.04 bits per heavy atom. The second-order valence-electron chi connectivity index (χ2n) is 7.59. The first-order chi connectivity index (χ1) is 13.4. The highest BCUT2D eigenvalue weighted by atomic mass is 32.2. The van der Waals surface area contributed by atoms with Crippen LogP contribution in [0.2, 0.25) is 0 Å². The Labute approximate surface area is 168 Å². The third-order valence-corrected chi connectivity index (χ3v) is 7.35. The van der Waals surface area contributed by atoms with Crippen molar-refractivity contribution in [3.8, 4) is 0 Å². The zero-order valence-corrected chi connectivity index (χ0v) is 17.5. The molecule has 1 aromatic carbocycles. The molecule has 1 heterocycles. The predicted molar refractivity (Wildman–Crippen MR) is 107 cm³/mol. The molecule has 1 aliphatic rings. The van der Waals surface area contributed by atoms with Crippen molar-refractivity contribution >= 4 is 16.0 Å². The summed E-state index contributed by atoms with van der Waals surface area (Å²) in [5.41, 5.74) is 0.259. The highest BCUT2D eigenvalue weighted by Crippen LogP contribution is 2.41. The van der Waals surface area contributed by atoms with E-state index in [1.165, 1.54) is 48.9 Å². The molecule has 0 aliphatic carbocycles. The maximum absolute atomic E-state index is 13.6. The van der Waals surface area contributed by atoms with Gasteiger partial charge in [-0.15, -0.1) is 0 Å². The van der Waals surface area contributed by atoms with Crippen molar-refractivity contribution in [2.45, 2.75) is 88.5 Å². The summed E-state index contributed by atoms with van der Waals surface area (Å²) in [5.74, 6) is -1.64. The van der Waals surface area contributed by atoms with E-state index in [0.717, 1.165) is 31.4 Å². The van der Waals surface area contributed by atoms with E-state index in [4.69, 9.17) is 0 Å². The third kappa shape index (κ3) is 6.01. The van der Waals surface area contributed by atoms with Gasteiger partial charge in [0.1, 0.15) is 5.82 Å². The average Bonchev–Trinajstić information content (AvgIpc) is 2.83. The molecular formula is C21H32FNO4S. The highest BCUT2D eigenvalue weighted by Gasteiger charge is 2.43. The van der Waals surface area contributed by atoms with E-state index in [1.807, 2.05) is 0 Å². The molecule has 0 bridgehead atoms. The van der Waals surface area contributed by atoms with Gasteiger partial charge in [0.25, 0.3) is 0 Å². The molecule has 0 aromatic heterocycles. The number of carboxylic acids is 1. The number of unbranched alkanes of at least 4 members (excludes halogenated alkanes) is 9. The SMILES string of the molecule is CCCCCCCCCCCCN1C(CC(=O)O)c2cc(F)ccc2S1(=O)=O. The zero-order chi connectivity index (χ0) is 20.6. The van der Waals surface area contributed by atoms with Gasteiger partial charge in [-0.25, -0.2) is 12.8 Å². The molecular weight excluding hydrogens is 381 g/mol. The Hall–Kier alpha value is -1.47. The Kier molecular flexibility index (Phi) is 8.89. The molecule has 0 saturated heterocycles. The van der Waals surface area contributed by atoms with Crippen LogP contribution in [0, 0.1) is 5.82 Å². The van der Waals surface area contributed by atoms with Crippen molar-refractivity contribution in [1.29, 1.82) is 0 Å². The quantitative estimate of drug-likeness (QED) is 0.447. The summed E-state index contributed by atoms with van der Waals surface area (Å²) in [6, 6.07) is 2.68. The van der Waals surface area contributed by atoms with E-state index < -0.39 is 27.9 Å². The maximum Gasteiger partial charge on any atom is 0.305 e. The number of sulfonamides is 1. The van der Waals surface area contributed by atoms with Gasteiger partial charge in [0.15, 0.2) is 0 Å². The third-order valence-electron chi connectivity index (χ3n) is 5.37. The topological polar surface area (TPSA) is 74.7 Å². The summed E-state index contributed by atoms with van der Waals surface area (Å²) in [4.78, 5) is 11.3. The van der Waals surface area contributed by atoms with Crippen molar-refractivity contribution in [2.24, 2.45) is 0 Å². The standard InChI is InChI=1S/C21H32FNO4S/c1-2-3-4-5-6-7-8-9-10-11-14-23-19(16-21(24)25)18-15-17(22)12-13-20(18)28(23,26)27/h12-13,15,19H,2-11,14,16H2,1H3,(H,24,25). The molecule has 0 amide bonds. The molecule has 1 aliphatic heterocycles. The molecule has 1 N–H and O–H groups in total. The molecule has 0 fully saturated rings. The normalized spacial score (nSPS) is 18.3. The molecule has 7 heteroatoms. The van der Waals surface area contributed by atoms with Gasteiger partial charge < -0.3 is 5.11 Å². The van der Waals surface area contributed by atoms with Crippen molar-refractivity contribution in [3.05, 3.63) is 29.6 Å². The van der Waals surface area contributed by atoms with E-state index in [2.05, 4.69) is 6.92 Å². The van der Waals surface area contributed by atoms with E-state index in [-0.39, 0.29) is 23.4 Å². The number of nitrogens with zero attached hydrogens (tertiary/aromatic N) is 1. The van der Waals surface area contributed by atoms with Crippen LogP contribution >= 0.6 is 0 Å². The van der Waals surface area contributed by atoms with Gasteiger partial charge >= 0.3 is 5.97 Å². The van der Waals surface area contributed by atoms with Gasteiger partial charge in [-0.1, -0.05) is 64.7 Å². The molecule has 28 heavy (non-hydrogen) atoms. The van der Waals surface area contributed by atoms with Crippen LogP contribution in [0.5, 0.6) is 0 Å². The highest BCUT2D eigenvalue weighted by molar-refractivity contribution is 7.89. The van der Waals surface area contributed by atoms with Crippen LogP contribution in [-0.2, 0) is 14.8 Å². The lowest BCUT2D eigenvalue weighted by Crippen LogP contribution is -2.30. The smallest absolute Gasteiger partial charge is 0.305 e. The van der Waals surface area contributed by atoms with E-state index in [0.29, 0.717) is 6.42 Å². The summed E-state index contributed by atoms with van der Waals surface area (Å²) in [6.45, 7) is 2.48. The Bertz CT molecular complexity index is 751. The fourth-order valence-electron chi connectivity index (χ4n) is 3.87. The number of carboxylic acid groups (broad SMARTS) is 1. The lowest BCUT2D eigenvalue weighted by atomic mass is 10.0. The second kappa shape index (κ2) is 10.9. The second-order valence-corrected chi connectivity index (χ2v) is 9.45. The summed E-state index contributed by atoms with van der Waals surface area (Å²) >= 11 is 0. The number of hydrogen-bond donors (Lipinski definition) is 1. The predicted octanol–water partition coefficient (Wildman–Crippen LogP) is 5.27. The van der Waals surface area contributed by atoms with Crippen LogP contribution < -0.4 is 0 Å². The lowest BCUT2D eigenvalue weighted by molar-refractivity contribution is -0.138. The Morgan fingerprint density at radius 2 is 1.61 bits per heavy atom. The number of fused-ring (bicyclic) bond motifs is 1. The number of hydrogen-bond acceptors (Lipinski definition) is 3. The van der Waals surface area contributed by atoms with Crippen LogP contribution in [-0.4, -0.2) is 30.3 Å². The number of carbonyl (C=O) groups is 1. The van der Waals surface area contributed by atoms with Crippen LogP contribution in [0.3, 0.4) is 0 Å². The van der Waals surface area contributed by atoms with Gasteiger partial charge in [0.05, 0.1) is 17.4 Å². The molecule has 5 nitrogen and oxygen atoms in total. The number of aliphatic carboxylic acids is 1. The molecule has 0 radical (unpaired) electrons. The lowest BCUT2D eigenvalue weighted by Gasteiger charge is -2.22. The molecule has 1 aromatic rings. The van der Waals surface area contributed by atoms with Crippen molar-refractivity contribution < 1.29 is 22.7 Å². The first kappa shape index (κ1) is 22.8. The fourth-order valence-corrected chi connectivity index (χ4v) is 5.75. The Morgan fingerprint density at radius 3 is 2.18 bits per heavy atom. The van der Waals surface area contributed by atoms with Gasteiger partial charge in [0, 0.05) is 6.54 Å². The van der Waals surface area contributed by atoms with Crippen LogP contribution in [0.4, 0.5) is 4.39 Å². The molecule has 1 unspecified atom stereocenters. The Balaban J connectivity index is 1.85. The molecule has 2 rings (SSSR count). The molecule has 158 valence electrons. The van der Waals surface area contributed by atoms with Gasteiger partial charge in [-0.05, 0) is 30.2 Å². The average molecular weight is 414 g/mol. The zero-order valence-electron chi connectivity index (χ0n) is 16.7. The van der Waals surface area contributed by atoms with E-state index >= 15 is 0 Å². The minimum atomic E-state index is -3.76. The minimum Gasteiger partial charge on any atom is -0.481 e. The molecule has 1 atom stereocenters. The summed E-state index contributed by atoms with van der Waals surface area (Å²) in [6.07, 6.45) is 11.0. The first-order valence-corrected chi connectivity index (χ1v) is 11.8. The fraction of sp³-hybridized carbons (Fsp3) is 0.667. The monoisotopic (exact) mass is 413 g/mol. The summed E-state index contributed by atoms with van der Waals surface area (Å²) in [7, 11) is -3.76. The van der Waals surface area contributed by atoms with Crippen molar-refractivity contribution in [1.82, 2.24) is 4.31 Å². The van der Waals surface area contributed by atoms with E-state index in [1.54, 1.807) is 0 Å². The largest absolute Gasteiger partial charge is 0.481 e. The number of halogens is 1. The maximum atomic E-state index is 13.6.